The molecule has 0 aliphatic carbocycles. The van der Waals surface area contributed by atoms with E-state index in [2.05, 4.69) is 4.98 Å². The predicted molar refractivity (Wildman–Crippen MR) is 94.2 cm³/mol. The van der Waals surface area contributed by atoms with Crippen molar-refractivity contribution in [3.8, 4) is 0 Å². The van der Waals surface area contributed by atoms with E-state index in [0.717, 1.165) is 18.4 Å². The number of hydrogen-bond donors (Lipinski definition) is 1. The SMILES string of the molecule is COC1CCN(S(=O)(=O)N2CCC(O)(c3ccc(C)cn3)CC2)CC1. The normalized spacial score (nSPS) is 23.6. The first-order valence-corrected chi connectivity index (χ1v) is 10.2. The Labute approximate surface area is 149 Å². The zero-order valence-electron chi connectivity index (χ0n) is 14.9. The standard InChI is InChI=1S/C17H27N3O4S/c1-14-3-4-16(18-13-14)17(21)7-11-20(12-8-17)25(22,23)19-9-5-15(24-2)6-10-19/h3-4,13,15,21H,5-12H2,1-2H3. The Kier molecular flexibility index (Phi) is 5.45. The molecule has 1 N–H and O–H groups in total. The number of aryl methyl sites for hydroxylation is 1. The fraction of sp³-hybridized carbons (Fsp3) is 0.706. The van der Waals surface area contributed by atoms with Crippen LogP contribution in [0.4, 0.5) is 0 Å². The molecular formula is C17H27N3O4S. The van der Waals surface area contributed by atoms with E-state index >= 15 is 0 Å². The monoisotopic (exact) mass is 369 g/mol. The van der Waals surface area contributed by atoms with Crippen molar-refractivity contribution in [3.63, 3.8) is 0 Å². The molecule has 0 atom stereocenters. The Balaban J connectivity index is 1.64. The molecule has 7 nitrogen and oxygen atoms in total. The van der Waals surface area contributed by atoms with Gasteiger partial charge in [0.05, 0.1) is 11.8 Å². The summed E-state index contributed by atoms with van der Waals surface area (Å²) in [7, 11) is -1.81. The van der Waals surface area contributed by atoms with Crippen molar-refractivity contribution in [2.75, 3.05) is 33.3 Å². The minimum absolute atomic E-state index is 0.144. The van der Waals surface area contributed by atoms with Gasteiger partial charge in [-0.2, -0.15) is 17.0 Å². The molecule has 0 amide bonds. The van der Waals surface area contributed by atoms with E-state index in [1.165, 1.54) is 8.61 Å². The minimum atomic E-state index is -3.48. The van der Waals surface area contributed by atoms with E-state index in [0.29, 0.717) is 44.7 Å². The van der Waals surface area contributed by atoms with E-state index in [4.69, 9.17) is 4.74 Å². The Morgan fingerprint density at radius 3 is 2.28 bits per heavy atom. The zero-order valence-corrected chi connectivity index (χ0v) is 15.7. The lowest BCUT2D eigenvalue weighted by molar-refractivity contribution is -0.0148. The third-order valence-electron chi connectivity index (χ3n) is 5.32. The highest BCUT2D eigenvalue weighted by Crippen LogP contribution is 2.33. The van der Waals surface area contributed by atoms with Gasteiger partial charge in [0.25, 0.3) is 10.2 Å². The number of pyridine rings is 1. The first-order chi connectivity index (χ1) is 11.8. The van der Waals surface area contributed by atoms with Crippen LogP contribution in [-0.4, -0.2) is 66.5 Å². The lowest BCUT2D eigenvalue weighted by atomic mass is 9.88. The van der Waals surface area contributed by atoms with Crippen LogP contribution in [-0.2, 0) is 20.5 Å². The highest BCUT2D eigenvalue weighted by Gasteiger charge is 2.41. The summed E-state index contributed by atoms with van der Waals surface area (Å²) in [6.45, 7) is 3.53. The van der Waals surface area contributed by atoms with Gasteiger partial charge in [-0.05, 0) is 44.2 Å². The van der Waals surface area contributed by atoms with Gasteiger partial charge in [0.1, 0.15) is 5.60 Å². The van der Waals surface area contributed by atoms with E-state index < -0.39 is 15.8 Å². The summed E-state index contributed by atoms with van der Waals surface area (Å²) in [5.41, 5.74) is 0.603. The van der Waals surface area contributed by atoms with Crippen molar-refractivity contribution in [2.45, 2.75) is 44.3 Å². The van der Waals surface area contributed by atoms with Crippen LogP contribution in [0.1, 0.15) is 36.9 Å². The summed E-state index contributed by atoms with van der Waals surface area (Å²) < 4.78 is 34.0. The molecular weight excluding hydrogens is 342 g/mol. The van der Waals surface area contributed by atoms with Gasteiger partial charge >= 0.3 is 0 Å². The van der Waals surface area contributed by atoms with Gasteiger partial charge in [0.15, 0.2) is 0 Å². The Hall–Kier alpha value is -1.06. The molecule has 8 heteroatoms. The van der Waals surface area contributed by atoms with Crippen LogP contribution in [0.5, 0.6) is 0 Å². The van der Waals surface area contributed by atoms with Crippen LogP contribution < -0.4 is 0 Å². The number of nitrogens with zero attached hydrogens (tertiary/aromatic N) is 3. The van der Waals surface area contributed by atoms with Gasteiger partial charge in [0, 0.05) is 39.5 Å². The van der Waals surface area contributed by atoms with Crippen LogP contribution in [0.3, 0.4) is 0 Å². The van der Waals surface area contributed by atoms with Gasteiger partial charge in [0.2, 0.25) is 0 Å². The molecule has 3 heterocycles. The molecule has 0 saturated carbocycles. The van der Waals surface area contributed by atoms with Crippen molar-refractivity contribution in [1.82, 2.24) is 13.6 Å². The van der Waals surface area contributed by atoms with E-state index in [-0.39, 0.29) is 6.10 Å². The molecule has 1 aromatic heterocycles. The van der Waals surface area contributed by atoms with Crippen LogP contribution in [0, 0.1) is 6.92 Å². The highest BCUT2D eigenvalue weighted by molar-refractivity contribution is 7.86. The summed E-state index contributed by atoms with van der Waals surface area (Å²) in [6.07, 6.45) is 4.04. The molecule has 25 heavy (non-hydrogen) atoms. The summed E-state index contributed by atoms with van der Waals surface area (Å²) in [6, 6.07) is 3.75. The van der Waals surface area contributed by atoms with E-state index in [1.807, 2.05) is 19.1 Å². The highest BCUT2D eigenvalue weighted by atomic mass is 32.2. The molecule has 0 spiro atoms. The smallest absolute Gasteiger partial charge is 0.281 e. The van der Waals surface area contributed by atoms with Crippen LogP contribution >= 0.6 is 0 Å². The molecule has 140 valence electrons. The van der Waals surface area contributed by atoms with Crippen LogP contribution in [0.25, 0.3) is 0 Å². The number of ether oxygens (including phenoxy) is 1. The number of rotatable bonds is 4. The van der Waals surface area contributed by atoms with Crippen molar-refractivity contribution in [2.24, 2.45) is 0 Å². The first-order valence-electron chi connectivity index (χ1n) is 8.79. The second-order valence-corrected chi connectivity index (χ2v) is 8.92. The summed E-state index contributed by atoms with van der Waals surface area (Å²) in [5, 5.41) is 10.9. The van der Waals surface area contributed by atoms with E-state index in [1.54, 1.807) is 13.3 Å². The molecule has 2 fully saturated rings. The van der Waals surface area contributed by atoms with Crippen molar-refractivity contribution in [3.05, 3.63) is 29.6 Å². The molecule has 3 rings (SSSR count). The maximum absolute atomic E-state index is 12.8. The number of hydrogen-bond acceptors (Lipinski definition) is 5. The molecule has 2 aliphatic rings. The number of piperidine rings is 2. The predicted octanol–water partition coefficient (Wildman–Crippen LogP) is 1.03. The largest absolute Gasteiger partial charge is 0.383 e. The summed E-state index contributed by atoms with van der Waals surface area (Å²) in [4.78, 5) is 4.33. The minimum Gasteiger partial charge on any atom is -0.383 e. The number of methoxy groups -OCH3 is 1. The fourth-order valence-corrected chi connectivity index (χ4v) is 5.19. The van der Waals surface area contributed by atoms with Crippen molar-refractivity contribution < 1.29 is 18.3 Å². The van der Waals surface area contributed by atoms with Gasteiger partial charge in [-0.3, -0.25) is 4.98 Å². The third kappa shape index (κ3) is 3.88. The molecule has 0 unspecified atom stereocenters. The topological polar surface area (TPSA) is 83.0 Å². The fourth-order valence-electron chi connectivity index (χ4n) is 3.55. The Morgan fingerprint density at radius 1 is 1.16 bits per heavy atom. The van der Waals surface area contributed by atoms with Crippen LogP contribution in [0.15, 0.2) is 18.3 Å². The van der Waals surface area contributed by atoms with Crippen molar-refractivity contribution >= 4 is 10.2 Å². The van der Waals surface area contributed by atoms with Gasteiger partial charge in [-0.15, -0.1) is 0 Å². The zero-order chi connectivity index (χ0) is 18.1. The second kappa shape index (κ2) is 7.28. The molecule has 2 aliphatic heterocycles. The quantitative estimate of drug-likeness (QED) is 0.857. The molecule has 0 bridgehead atoms. The molecule has 0 radical (unpaired) electrons. The Bertz CT molecular complexity index is 676. The van der Waals surface area contributed by atoms with Gasteiger partial charge in [-0.1, -0.05) is 6.07 Å². The molecule has 0 aromatic carbocycles. The third-order valence-corrected chi connectivity index (χ3v) is 7.36. The average Bonchev–Trinajstić information content (AvgIpc) is 2.62. The average molecular weight is 369 g/mol. The number of aliphatic hydroxyl groups is 1. The molecule has 2 saturated heterocycles. The summed E-state index contributed by atoms with van der Waals surface area (Å²) in [5.74, 6) is 0. The van der Waals surface area contributed by atoms with E-state index in [9.17, 15) is 13.5 Å². The second-order valence-electron chi connectivity index (χ2n) is 6.99. The van der Waals surface area contributed by atoms with Gasteiger partial charge < -0.3 is 9.84 Å². The summed E-state index contributed by atoms with van der Waals surface area (Å²) >= 11 is 0. The lowest BCUT2D eigenvalue weighted by Gasteiger charge is -2.40. The maximum Gasteiger partial charge on any atom is 0.281 e. The maximum atomic E-state index is 12.8. The van der Waals surface area contributed by atoms with Gasteiger partial charge in [-0.25, -0.2) is 0 Å². The number of aromatic nitrogens is 1. The van der Waals surface area contributed by atoms with Crippen molar-refractivity contribution in [1.29, 1.82) is 0 Å². The Morgan fingerprint density at radius 2 is 1.76 bits per heavy atom. The first kappa shape index (κ1) is 18.7. The van der Waals surface area contributed by atoms with Crippen LogP contribution in [0.2, 0.25) is 0 Å². The lowest BCUT2D eigenvalue weighted by Crippen LogP contribution is -2.52. The molecule has 1 aromatic rings.